The first-order chi connectivity index (χ1) is 9.69. The maximum absolute atomic E-state index is 13.1. The van der Waals surface area contributed by atoms with E-state index in [0.717, 1.165) is 11.3 Å². The number of amides is 2. The van der Waals surface area contributed by atoms with Crippen molar-refractivity contribution in [2.75, 3.05) is 6.54 Å². The minimum Gasteiger partial charge on any atom is -0.332 e. The summed E-state index contributed by atoms with van der Waals surface area (Å²) in [5, 5.41) is 4.70. The third kappa shape index (κ3) is 4.03. The van der Waals surface area contributed by atoms with Gasteiger partial charge in [-0.25, -0.2) is 14.2 Å². The molecule has 0 aliphatic heterocycles. The number of nitrogens with one attached hydrogen (secondary N) is 1. The highest BCUT2D eigenvalue weighted by molar-refractivity contribution is 7.07. The standard InChI is InChI=1S/C14H16FN3OS/c1-2-18(8-11-4-3-5-12(15)6-11)14(19)16-7-13-9-20-10-17-13/h3-6,9-10H,2,7-8H2,1H3,(H,16,19). The van der Waals surface area contributed by atoms with Crippen molar-refractivity contribution in [2.45, 2.75) is 20.0 Å². The Bertz CT molecular complexity index is 559. The van der Waals surface area contributed by atoms with E-state index in [2.05, 4.69) is 10.3 Å². The van der Waals surface area contributed by atoms with Gasteiger partial charge in [0.2, 0.25) is 0 Å². The predicted molar refractivity (Wildman–Crippen MR) is 76.8 cm³/mol. The molecule has 0 radical (unpaired) electrons. The second kappa shape index (κ2) is 7.00. The number of hydrogen-bond donors (Lipinski definition) is 1. The van der Waals surface area contributed by atoms with Crippen molar-refractivity contribution in [2.24, 2.45) is 0 Å². The molecule has 1 aromatic carbocycles. The van der Waals surface area contributed by atoms with Crippen molar-refractivity contribution in [1.29, 1.82) is 0 Å². The summed E-state index contributed by atoms with van der Waals surface area (Å²) < 4.78 is 13.1. The molecule has 0 spiro atoms. The van der Waals surface area contributed by atoms with Crippen LogP contribution in [0.25, 0.3) is 0 Å². The monoisotopic (exact) mass is 293 g/mol. The Morgan fingerprint density at radius 3 is 3.00 bits per heavy atom. The van der Waals surface area contributed by atoms with Crippen molar-refractivity contribution in [1.82, 2.24) is 15.2 Å². The Kier molecular flexibility index (Phi) is 5.06. The Morgan fingerprint density at radius 1 is 1.50 bits per heavy atom. The average Bonchev–Trinajstić information content (AvgIpc) is 2.95. The van der Waals surface area contributed by atoms with Crippen molar-refractivity contribution < 1.29 is 9.18 Å². The van der Waals surface area contributed by atoms with Gasteiger partial charge in [-0.15, -0.1) is 11.3 Å². The highest BCUT2D eigenvalue weighted by atomic mass is 32.1. The molecule has 0 fully saturated rings. The van der Waals surface area contributed by atoms with Gasteiger partial charge in [-0.1, -0.05) is 12.1 Å². The zero-order chi connectivity index (χ0) is 14.4. The van der Waals surface area contributed by atoms with Gasteiger partial charge in [0.05, 0.1) is 17.7 Å². The fourth-order valence-corrected chi connectivity index (χ4v) is 2.34. The molecule has 20 heavy (non-hydrogen) atoms. The first-order valence-electron chi connectivity index (χ1n) is 6.33. The number of halogens is 1. The van der Waals surface area contributed by atoms with E-state index in [4.69, 9.17) is 0 Å². The van der Waals surface area contributed by atoms with Gasteiger partial charge >= 0.3 is 6.03 Å². The first-order valence-corrected chi connectivity index (χ1v) is 7.27. The van der Waals surface area contributed by atoms with Crippen LogP contribution in [0, 0.1) is 5.82 Å². The number of aromatic nitrogens is 1. The summed E-state index contributed by atoms with van der Waals surface area (Å²) in [6.45, 7) is 3.24. The van der Waals surface area contributed by atoms with Crippen LogP contribution < -0.4 is 5.32 Å². The average molecular weight is 293 g/mol. The molecule has 0 saturated heterocycles. The summed E-state index contributed by atoms with van der Waals surface area (Å²) in [4.78, 5) is 17.8. The lowest BCUT2D eigenvalue weighted by atomic mass is 10.2. The molecule has 106 valence electrons. The lowest BCUT2D eigenvalue weighted by Crippen LogP contribution is -2.39. The minimum absolute atomic E-state index is 0.176. The maximum atomic E-state index is 13.1. The second-order valence-corrected chi connectivity index (χ2v) is 5.00. The van der Waals surface area contributed by atoms with E-state index in [-0.39, 0.29) is 11.8 Å². The molecule has 1 heterocycles. The van der Waals surface area contributed by atoms with Gasteiger partial charge in [-0.3, -0.25) is 0 Å². The van der Waals surface area contributed by atoms with Crippen LogP contribution in [0.1, 0.15) is 18.2 Å². The van der Waals surface area contributed by atoms with Crippen LogP contribution in [-0.4, -0.2) is 22.5 Å². The van der Waals surface area contributed by atoms with Crippen molar-refractivity contribution in [3.8, 4) is 0 Å². The smallest absolute Gasteiger partial charge is 0.318 e. The number of benzene rings is 1. The highest BCUT2D eigenvalue weighted by Crippen LogP contribution is 2.08. The van der Waals surface area contributed by atoms with Crippen molar-refractivity contribution >= 4 is 17.4 Å². The molecular formula is C14H16FN3OS. The minimum atomic E-state index is -0.290. The molecule has 0 unspecified atom stereocenters. The molecular weight excluding hydrogens is 277 g/mol. The topological polar surface area (TPSA) is 45.2 Å². The van der Waals surface area contributed by atoms with Crippen molar-refractivity contribution in [3.63, 3.8) is 0 Å². The zero-order valence-electron chi connectivity index (χ0n) is 11.2. The van der Waals surface area contributed by atoms with Crippen LogP contribution in [0.3, 0.4) is 0 Å². The quantitative estimate of drug-likeness (QED) is 0.921. The number of urea groups is 1. The number of nitrogens with zero attached hydrogens (tertiary/aromatic N) is 2. The van der Waals surface area contributed by atoms with Crippen LogP contribution in [0.5, 0.6) is 0 Å². The molecule has 2 aromatic rings. The first kappa shape index (κ1) is 14.5. The summed E-state index contributed by atoms with van der Waals surface area (Å²) in [7, 11) is 0. The summed E-state index contributed by atoms with van der Waals surface area (Å²) in [6.07, 6.45) is 0. The Morgan fingerprint density at radius 2 is 2.35 bits per heavy atom. The Labute approximate surface area is 121 Å². The lowest BCUT2D eigenvalue weighted by molar-refractivity contribution is 0.197. The molecule has 4 nitrogen and oxygen atoms in total. The van der Waals surface area contributed by atoms with Gasteiger partial charge < -0.3 is 10.2 Å². The third-order valence-electron chi connectivity index (χ3n) is 2.84. The molecule has 6 heteroatoms. The molecule has 0 saturated carbocycles. The lowest BCUT2D eigenvalue weighted by Gasteiger charge is -2.21. The van der Waals surface area contributed by atoms with E-state index < -0.39 is 0 Å². The summed E-state index contributed by atoms with van der Waals surface area (Å²) in [5.74, 6) is -0.290. The van der Waals surface area contributed by atoms with Gasteiger partial charge in [0.25, 0.3) is 0 Å². The Balaban J connectivity index is 1.92. The largest absolute Gasteiger partial charge is 0.332 e. The van der Waals surface area contributed by atoms with Gasteiger partial charge in [0.1, 0.15) is 5.82 Å². The molecule has 2 rings (SSSR count). The maximum Gasteiger partial charge on any atom is 0.318 e. The van der Waals surface area contributed by atoms with Crippen LogP contribution in [0.4, 0.5) is 9.18 Å². The number of thiazole rings is 1. The third-order valence-corrected chi connectivity index (χ3v) is 3.47. The van der Waals surface area contributed by atoms with Crippen LogP contribution in [0.15, 0.2) is 35.2 Å². The highest BCUT2D eigenvalue weighted by Gasteiger charge is 2.12. The van der Waals surface area contributed by atoms with Gasteiger partial charge in [0, 0.05) is 18.5 Å². The molecule has 0 aliphatic carbocycles. The fraction of sp³-hybridized carbons (Fsp3) is 0.286. The van der Waals surface area contributed by atoms with E-state index in [1.54, 1.807) is 22.5 Å². The van der Waals surface area contributed by atoms with Gasteiger partial charge in [0.15, 0.2) is 0 Å². The van der Waals surface area contributed by atoms with Crippen LogP contribution in [0.2, 0.25) is 0 Å². The SMILES string of the molecule is CCN(Cc1cccc(F)c1)C(=O)NCc1cscn1. The number of carbonyl (C=O) groups excluding carboxylic acids is 1. The van der Waals surface area contributed by atoms with E-state index in [1.165, 1.54) is 23.5 Å². The van der Waals surface area contributed by atoms with Crippen molar-refractivity contribution in [3.05, 3.63) is 52.2 Å². The normalized spacial score (nSPS) is 10.3. The predicted octanol–water partition coefficient (Wildman–Crippen LogP) is 3.01. The summed E-state index contributed by atoms with van der Waals surface area (Å²) >= 11 is 1.49. The van der Waals surface area contributed by atoms with E-state index >= 15 is 0 Å². The zero-order valence-corrected chi connectivity index (χ0v) is 12.0. The van der Waals surface area contributed by atoms with E-state index in [9.17, 15) is 9.18 Å². The Hall–Kier alpha value is -1.95. The summed E-state index contributed by atoms with van der Waals surface area (Å²) in [6, 6.07) is 6.11. The molecule has 1 N–H and O–H groups in total. The number of hydrogen-bond acceptors (Lipinski definition) is 3. The fourth-order valence-electron chi connectivity index (χ4n) is 1.79. The number of carbonyl (C=O) groups is 1. The molecule has 1 aromatic heterocycles. The molecule has 0 atom stereocenters. The molecule has 0 aliphatic rings. The summed E-state index contributed by atoms with van der Waals surface area (Å²) in [5.41, 5.74) is 3.34. The van der Waals surface area contributed by atoms with E-state index in [0.29, 0.717) is 19.6 Å². The second-order valence-electron chi connectivity index (χ2n) is 4.28. The van der Waals surface area contributed by atoms with Crippen LogP contribution in [-0.2, 0) is 13.1 Å². The van der Waals surface area contributed by atoms with Crippen LogP contribution >= 0.6 is 11.3 Å². The van der Waals surface area contributed by atoms with Gasteiger partial charge in [-0.2, -0.15) is 0 Å². The molecule has 0 bridgehead atoms. The van der Waals surface area contributed by atoms with Gasteiger partial charge in [-0.05, 0) is 24.6 Å². The number of rotatable bonds is 5. The van der Waals surface area contributed by atoms with E-state index in [1.807, 2.05) is 12.3 Å². The molecule has 2 amide bonds.